The van der Waals surface area contributed by atoms with Crippen LogP contribution in [0.15, 0.2) is 24.3 Å². The van der Waals surface area contributed by atoms with Crippen molar-refractivity contribution in [2.24, 2.45) is 0 Å². The van der Waals surface area contributed by atoms with Crippen LogP contribution in [0, 0.1) is 13.8 Å². The fraction of sp³-hybridized carbons (Fsp3) is 0.382. The first-order valence-electron chi connectivity index (χ1n) is 14.9. The number of hydrogen-bond donors (Lipinski definition) is 3. The van der Waals surface area contributed by atoms with Gasteiger partial charge in [0.1, 0.15) is 0 Å². The van der Waals surface area contributed by atoms with Crippen LogP contribution >= 0.6 is 25.3 Å². The number of thiol groups is 2. The molecule has 1 N–H and O–H groups in total. The predicted molar refractivity (Wildman–Crippen MR) is 180 cm³/mol. The summed E-state index contributed by atoms with van der Waals surface area (Å²) < 4.78 is 0. The fourth-order valence-electron chi connectivity index (χ4n) is 6.32. The smallest absolute Gasteiger partial charge is 0.657 e. The number of carbonyl (C=O) groups is 1. The monoisotopic (exact) mass is 684 g/mol. The minimum Gasteiger partial charge on any atom is -0.657 e. The first-order chi connectivity index (χ1) is 20.9. The number of carboxylic acids is 1. The molecule has 8 nitrogen and oxygen atoms in total. The van der Waals surface area contributed by atoms with Crippen LogP contribution in [0.5, 0.6) is 0 Å². The quantitative estimate of drug-likeness (QED) is 0.0971. The standard InChI is InChI=1S/C34H37N4O4S2.Fe/c1-15-21(7-9-31(39)40)27-14-28-22(8-10-32-41-42-32)16(2)23(35-28)11-25-17(3)33(19(5)43)30(37-25)13-26-18(4)34(20(6)44)29(38-26)12-24(15)36-27;/h11-14,19-20,32H,7-10H2,1-6H3,(H4-,35,36,37,38,39,40,43,44);/q-1;+2/p-1/t19-,20-;/m0./s1. The number of nitrogens with zero attached hydrogens (tertiary/aromatic N) is 4. The molecule has 0 amide bonds. The Morgan fingerprint density at radius 3 is 2.04 bits per heavy atom. The molecule has 0 saturated carbocycles. The average Bonchev–Trinajstić information content (AvgIpc) is 3.46. The molecule has 3 aliphatic rings. The third-order valence-electron chi connectivity index (χ3n) is 8.76. The van der Waals surface area contributed by atoms with Gasteiger partial charge in [0, 0.05) is 23.3 Å². The molecule has 2 atom stereocenters. The van der Waals surface area contributed by atoms with Gasteiger partial charge in [-0.2, -0.15) is 35.0 Å². The molecule has 3 aliphatic heterocycles. The third-order valence-corrected chi connectivity index (χ3v) is 9.28. The van der Waals surface area contributed by atoms with Crippen molar-refractivity contribution in [3.8, 4) is 0 Å². The first kappa shape index (κ1) is 33.6. The second-order valence-corrected chi connectivity index (χ2v) is 13.3. The van der Waals surface area contributed by atoms with E-state index in [4.69, 9.17) is 55.0 Å². The molecule has 3 aromatic heterocycles. The Morgan fingerprint density at radius 2 is 1.40 bits per heavy atom. The van der Waals surface area contributed by atoms with E-state index in [1.165, 1.54) is 0 Å². The number of aromatic nitrogens is 4. The summed E-state index contributed by atoms with van der Waals surface area (Å²) in [6.45, 7) is 12.3. The predicted octanol–water partition coefficient (Wildman–Crippen LogP) is 7.44. The molecule has 0 aliphatic carbocycles. The van der Waals surface area contributed by atoms with Crippen LogP contribution in [0.25, 0.3) is 44.4 Å². The van der Waals surface area contributed by atoms with E-state index in [0.717, 1.165) is 89.4 Å². The van der Waals surface area contributed by atoms with Gasteiger partial charge in [-0.3, -0.25) is 4.79 Å². The second kappa shape index (κ2) is 13.1. The van der Waals surface area contributed by atoms with E-state index in [2.05, 4.69) is 27.7 Å². The zero-order valence-corrected chi connectivity index (χ0v) is 29.0. The normalized spacial score (nSPS) is 16.2. The van der Waals surface area contributed by atoms with Gasteiger partial charge in [0.05, 0.1) is 22.8 Å². The maximum absolute atomic E-state index is 11.6. The van der Waals surface area contributed by atoms with Gasteiger partial charge in [0.15, 0.2) is 0 Å². The van der Waals surface area contributed by atoms with Crippen LogP contribution in [-0.4, -0.2) is 32.6 Å². The molecule has 0 aromatic carbocycles. The van der Waals surface area contributed by atoms with Gasteiger partial charge in [0.25, 0.3) is 0 Å². The van der Waals surface area contributed by atoms with Gasteiger partial charge in [-0.05, 0) is 82.2 Å². The van der Waals surface area contributed by atoms with Gasteiger partial charge >= 0.3 is 23.0 Å². The van der Waals surface area contributed by atoms with Crippen LogP contribution in [-0.2, 0) is 38.1 Å². The van der Waals surface area contributed by atoms with E-state index < -0.39 is 5.97 Å². The SMILES string of the molecule is CC1=C(CCC(=O)O)c2cc3[n-]c(cc4nc(cc5[n-]c(cc1n2)c([C@H](C)S)c5C)C([C@H](C)S)=C4C)c(C)c3CCC1OO1.[Fe+2]. The van der Waals surface area contributed by atoms with E-state index in [1.807, 2.05) is 38.1 Å². The zero-order chi connectivity index (χ0) is 31.4. The topological polar surface area (TPSA) is 116 Å². The molecule has 1 saturated heterocycles. The summed E-state index contributed by atoms with van der Waals surface area (Å²) in [6, 6.07) is 8.08. The maximum atomic E-state index is 11.6. The molecule has 1 fully saturated rings. The van der Waals surface area contributed by atoms with E-state index in [-0.39, 0.29) is 40.3 Å². The van der Waals surface area contributed by atoms with Gasteiger partial charge in [-0.25, -0.2) is 9.97 Å². The second-order valence-electron chi connectivity index (χ2n) is 11.8. The van der Waals surface area contributed by atoms with Crippen molar-refractivity contribution in [2.75, 3.05) is 0 Å². The average molecular weight is 685 g/mol. The Bertz CT molecular complexity index is 1920. The number of fused-ring (bicyclic) bond motifs is 8. The van der Waals surface area contributed by atoms with Crippen molar-refractivity contribution in [1.82, 2.24) is 19.9 Å². The summed E-state index contributed by atoms with van der Waals surface area (Å²) in [5, 5.41) is 9.43. The molecule has 8 bridgehead atoms. The number of hydrogen-bond acceptors (Lipinski definition) is 7. The van der Waals surface area contributed by atoms with Crippen LogP contribution in [0.3, 0.4) is 0 Å². The van der Waals surface area contributed by atoms with Crippen LogP contribution in [0.4, 0.5) is 0 Å². The minimum absolute atomic E-state index is 0. The maximum Gasteiger partial charge on any atom is 2.00 e. The van der Waals surface area contributed by atoms with Gasteiger partial charge in [0.2, 0.25) is 6.29 Å². The summed E-state index contributed by atoms with van der Waals surface area (Å²) in [4.78, 5) is 42.0. The van der Waals surface area contributed by atoms with Crippen molar-refractivity contribution in [3.05, 3.63) is 69.3 Å². The first-order valence-corrected chi connectivity index (χ1v) is 15.9. The summed E-state index contributed by atoms with van der Waals surface area (Å²) in [5.74, 6) is -0.851. The summed E-state index contributed by atoms with van der Waals surface area (Å²) >= 11 is 9.64. The summed E-state index contributed by atoms with van der Waals surface area (Å²) in [5.41, 5.74) is 14.6. The van der Waals surface area contributed by atoms with Crippen molar-refractivity contribution in [1.29, 1.82) is 0 Å². The molecule has 0 spiro atoms. The molecular weight excluding hydrogens is 648 g/mol. The Balaban J connectivity index is 0.00000400. The summed E-state index contributed by atoms with van der Waals surface area (Å²) in [7, 11) is 0. The number of aryl methyl sites for hydroxylation is 3. The van der Waals surface area contributed by atoms with E-state index in [9.17, 15) is 9.90 Å². The van der Waals surface area contributed by atoms with Crippen molar-refractivity contribution < 1.29 is 36.7 Å². The Morgan fingerprint density at radius 1 is 0.822 bits per heavy atom. The van der Waals surface area contributed by atoms with E-state index in [0.29, 0.717) is 19.3 Å². The van der Waals surface area contributed by atoms with Crippen LogP contribution < -0.4 is 9.97 Å². The Hall–Kier alpha value is -2.79. The summed E-state index contributed by atoms with van der Waals surface area (Å²) in [6.07, 6.45) is 1.57. The molecule has 236 valence electrons. The number of carboxylic acid groups (broad SMARTS) is 1. The van der Waals surface area contributed by atoms with Crippen molar-refractivity contribution in [2.45, 2.75) is 84.0 Å². The Labute approximate surface area is 284 Å². The number of rotatable bonds is 8. The zero-order valence-electron chi connectivity index (χ0n) is 26.1. The molecule has 45 heavy (non-hydrogen) atoms. The fourth-order valence-corrected chi connectivity index (χ4v) is 6.97. The van der Waals surface area contributed by atoms with Crippen LogP contribution in [0.2, 0.25) is 0 Å². The van der Waals surface area contributed by atoms with E-state index in [1.54, 1.807) is 0 Å². The Kier molecular flexibility index (Phi) is 9.80. The molecule has 0 unspecified atom stereocenters. The van der Waals surface area contributed by atoms with Gasteiger partial charge in [-0.15, -0.1) is 22.1 Å². The van der Waals surface area contributed by atoms with E-state index >= 15 is 0 Å². The number of aliphatic carboxylic acids is 1. The molecular formula is C34H36FeN4O4S2. The minimum atomic E-state index is -0.851. The molecule has 11 heteroatoms. The third kappa shape index (κ3) is 6.57. The van der Waals surface area contributed by atoms with Gasteiger partial charge in [-0.1, -0.05) is 41.0 Å². The largest absolute Gasteiger partial charge is 2.00 e. The van der Waals surface area contributed by atoms with Crippen LogP contribution in [0.1, 0.15) is 97.2 Å². The van der Waals surface area contributed by atoms with Crippen molar-refractivity contribution in [3.63, 3.8) is 0 Å². The molecule has 6 heterocycles. The molecule has 6 rings (SSSR count). The molecule has 0 radical (unpaired) electrons. The van der Waals surface area contributed by atoms with Crippen molar-refractivity contribution >= 4 is 75.6 Å². The van der Waals surface area contributed by atoms with Gasteiger partial charge < -0.3 is 15.1 Å². The molecule has 3 aromatic rings. The number of allylic oxidation sites excluding steroid dienone is 3.